The van der Waals surface area contributed by atoms with Gasteiger partial charge in [0.2, 0.25) is 5.91 Å². The standard InChI is InChI=1S/C14H20N2O2/c1-15-7-9-16(10-8-15)14(17)11-12-3-5-13(18-2)6-4-12/h3-6,15H,1,7-11H2,2H3. The maximum atomic E-state index is 12.1. The van der Waals surface area contributed by atoms with E-state index in [1.807, 2.05) is 29.2 Å². The van der Waals surface area contributed by atoms with Gasteiger partial charge in [-0.15, -0.1) is 0 Å². The molecule has 1 heterocycles. The zero-order chi connectivity index (χ0) is 13.0. The lowest BCUT2D eigenvalue weighted by Crippen LogP contribution is -3.10. The van der Waals surface area contributed by atoms with Gasteiger partial charge in [0.05, 0.1) is 39.7 Å². The molecule has 0 bridgehead atoms. The minimum Gasteiger partial charge on any atom is -0.497 e. The number of benzene rings is 1. The summed E-state index contributed by atoms with van der Waals surface area (Å²) in [6.07, 6.45) is 0.469. The van der Waals surface area contributed by atoms with Crippen LogP contribution >= 0.6 is 0 Å². The van der Waals surface area contributed by atoms with Crippen molar-refractivity contribution in [2.75, 3.05) is 33.3 Å². The molecule has 0 spiro atoms. The van der Waals surface area contributed by atoms with Crippen LogP contribution in [0.4, 0.5) is 0 Å². The summed E-state index contributed by atoms with van der Waals surface area (Å²) in [6, 6.07) is 7.67. The Morgan fingerprint density at radius 1 is 1.33 bits per heavy atom. The van der Waals surface area contributed by atoms with Crippen LogP contribution in [0.3, 0.4) is 0 Å². The van der Waals surface area contributed by atoms with Crippen molar-refractivity contribution in [3.8, 4) is 5.75 Å². The molecular formula is C14H20N2O2. The van der Waals surface area contributed by atoms with Gasteiger partial charge in [-0.2, -0.15) is 7.05 Å². The lowest BCUT2D eigenvalue weighted by atomic mass is 10.1. The SMILES string of the molecule is [CH2-][NH+]1CCN(C(=O)Cc2ccc(OC)cc2)CC1. The molecule has 1 aromatic rings. The maximum Gasteiger partial charge on any atom is 0.227 e. The number of carbonyl (C=O) groups is 1. The van der Waals surface area contributed by atoms with Crippen molar-refractivity contribution in [3.05, 3.63) is 36.9 Å². The molecule has 98 valence electrons. The van der Waals surface area contributed by atoms with E-state index in [0.717, 1.165) is 37.5 Å². The summed E-state index contributed by atoms with van der Waals surface area (Å²) in [7, 11) is 5.60. The van der Waals surface area contributed by atoms with Crippen molar-refractivity contribution in [2.45, 2.75) is 6.42 Å². The summed E-state index contributed by atoms with van der Waals surface area (Å²) >= 11 is 0. The third-order valence-electron chi connectivity index (χ3n) is 3.34. The first-order valence-corrected chi connectivity index (χ1v) is 6.26. The predicted octanol–water partition coefficient (Wildman–Crippen LogP) is -0.244. The topological polar surface area (TPSA) is 34.0 Å². The van der Waals surface area contributed by atoms with E-state index in [0.29, 0.717) is 6.42 Å². The molecule has 1 N–H and O–H groups in total. The Balaban J connectivity index is 1.90. The van der Waals surface area contributed by atoms with E-state index in [2.05, 4.69) is 7.05 Å². The molecule has 18 heavy (non-hydrogen) atoms. The van der Waals surface area contributed by atoms with Crippen molar-refractivity contribution in [3.63, 3.8) is 0 Å². The fourth-order valence-electron chi connectivity index (χ4n) is 2.10. The van der Waals surface area contributed by atoms with E-state index in [9.17, 15) is 4.79 Å². The monoisotopic (exact) mass is 248 g/mol. The predicted molar refractivity (Wildman–Crippen MR) is 69.3 cm³/mol. The van der Waals surface area contributed by atoms with Gasteiger partial charge in [0.1, 0.15) is 5.75 Å². The maximum absolute atomic E-state index is 12.1. The highest BCUT2D eigenvalue weighted by atomic mass is 16.5. The van der Waals surface area contributed by atoms with Gasteiger partial charge in [-0.3, -0.25) is 4.79 Å². The number of quaternary nitrogens is 1. The number of hydrogen-bond acceptors (Lipinski definition) is 2. The third kappa shape index (κ3) is 3.23. The summed E-state index contributed by atoms with van der Waals surface area (Å²) in [5.74, 6) is 1.02. The van der Waals surface area contributed by atoms with Crippen molar-refractivity contribution in [1.29, 1.82) is 0 Å². The number of carbonyl (C=O) groups excluding carboxylic acids is 1. The van der Waals surface area contributed by atoms with Crippen molar-refractivity contribution < 1.29 is 14.4 Å². The Morgan fingerprint density at radius 3 is 2.50 bits per heavy atom. The van der Waals surface area contributed by atoms with Crippen molar-refractivity contribution >= 4 is 5.91 Å². The normalized spacial score (nSPS) is 16.7. The zero-order valence-electron chi connectivity index (χ0n) is 10.8. The zero-order valence-corrected chi connectivity index (χ0v) is 10.8. The second-order valence-corrected chi connectivity index (χ2v) is 4.66. The average Bonchev–Trinajstić information content (AvgIpc) is 2.40. The Bertz CT molecular complexity index is 395. The van der Waals surface area contributed by atoms with Crippen LogP contribution in [-0.2, 0) is 11.2 Å². The van der Waals surface area contributed by atoms with Gasteiger partial charge < -0.3 is 14.5 Å². The van der Waals surface area contributed by atoms with Gasteiger partial charge in [-0.05, 0) is 17.7 Å². The first kappa shape index (κ1) is 12.9. The lowest BCUT2D eigenvalue weighted by Gasteiger charge is -2.33. The number of amides is 1. The first-order valence-electron chi connectivity index (χ1n) is 6.26. The second-order valence-electron chi connectivity index (χ2n) is 4.66. The van der Waals surface area contributed by atoms with Gasteiger partial charge >= 0.3 is 0 Å². The fraction of sp³-hybridized carbons (Fsp3) is 0.429. The summed E-state index contributed by atoms with van der Waals surface area (Å²) in [4.78, 5) is 15.3. The summed E-state index contributed by atoms with van der Waals surface area (Å²) in [6.45, 7) is 3.50. The highest BCUT2D eigenvalue weighted by Crippen LogP contribution is 2.12. The van der Waals surface area contributed by atoms with Crippen LogP contribution in [0, 0.1) is 7.05 Å². The summed E-state index contributed by atoms with van der Waals surface area (Å²) in [5.41, 5.74) is 1.03. The van der Waals surface area contributed by atoms with Crippen LogP contribution in [0.25, 0.3) is 0 Å². The van der Waals surface area contributed by atoms with Crippen LogP contribution in [0.2, 0.25) is 0 Å². The summed E-state index contributed by atoms with van der Waals surface area (Å²) in [5, 5.41) is 0. The molecule has 0 radical (unpaired) electrons. The second kappa shape index (κ2) is 5.87. The van der Waals surface area contributed by atoms with Gasteiger partial charge in [0, 0.05) is 0 Å². The van der Waals surface area contributed by atoms with Crippen molar-refractivity contribution in [1.82, 2.24) is 4.90 Å². The third-order valence-corrected chi connectivity index (χ3v) is 3.34. The molecule has 1 fully saturated rings. The van der Waals surface area contributed by atoms with E-state index >= 15 is 0 Å². The molecule has 1 aliphatic heterocycles. The average molecular weight is 248 g/mol. The van der Waals surface area contributed by atoms with E-state index in [1.165, 1.54) is 4.90 Å². The van der Waals surface area contributed by atoms with E-state index in [1.54, 1.807) is 7.11 Å². The van der Waals surface area contributed by atoms with Gasteiger partial charge in [-0.25, -0.2) is 0 Å². The Morgan fingerprint density at radius 2 is 1.94 bits per heavy atom. The number of ether oxygens (including phenoxy) is 1. The Kier molecular flexibility index (Phi) is 4.20. The minimum atomic E-state index is 0.202. The largest absolute Gasteiger partial charge is 0.497 e. The lowest BCUT2D eigenvalue weighted by molar-refractivity contribution is -0.858. The van der Waals surface area contributed by atoms with Gasteiger partial charge in [-0.1, -0.05) is 12.1 Å². The number of nitrogens with zero attached hydrogens (tertiary/aromatic N) is 1. The number of rotatable bonds is 3. The smallest absolute Gasteiger partial charge is 0.227 e. The quantitative estimate of drug-likeness (QED) is 0.749. The molecule has 1 saturated heterocycles. The van der Waals surface area contributed by atoms with Crippen LogP contribution in [0.15, 0.2) is 24.3 Å². The highest BCUT2D eigenvalue weighted by molar-refractivity contribution is 5.78. The Labute approximate surface area is 108 Å². The molecule has 0 saturated carbocycles. The molecule has 1 amide bonds. The molecule has 4 heteroatoms. The highest BCUT2D eigenvalue weighted by Gasteiger charge is 2.19. The number of piperazine rings is 1. The molecule has 0 aliphatic carbocycles. The van der Waals surface area contributed by atoms with Crippen molar-refractivity contribution in [2.24, 2.45) is 0 Å². The van der Waals surface area contributed by atoms with Crippen LogP contribution < -0.4 is 9.64 Å². The molecule has 1 aromatic carbocycles. The van der Waals surface area contributed by atoms with E-state index in [-0.39, 0.29) is 5.91 Å². The number of nitrogens with one attached hydrogen (secondary N) is 1. The molecule has 1 aliphatic rings. The Hall–Kier alpha value is -1.55. The van der Waals surface area contributed by atoms with Gasteiger partial charge in [0.25, 0.3) is 0 Å². The molecule has 0 atom stereocenters. The molecule has 4 nitrogen and oxygen atoms in total. The molecule has 2 rings (SSSR count). The minimum absolute atomic E-state index is 0.202. The first-order chi connectivity index (χ1) is 8.69. The number of methoxy groups -OCH3 is 1. The van der Waals surface area contributed by atoms with Crippen LogP contribution in [-0.4, -0.2) is 44.1 Å². The molecular weight excluding hydrogens is 228 g/mol. The van der Waals surface area contributed by atoms with E-state index < -0.39 is 0 Å². The van der Waals surface area contributed by atoms with E-state index in [4.69, 9.17) is 4.74 Å². The molecule has 0 unspecified atom stereocenters. The fourth-order valence-corrected chi connectivity index (χ4v) is 2.10. The van der Waals surface area contributed by atoms with Crippen LogP contribution in [0.1, 0.15) is 5.56 Å². The molecule has 0 aromatic heterocycles. The summed E-state index contributed by atoms with van der Waals surface area (Å²) < 4.78 is 5.10. The number of hydrogen-bond donors (Lipinski definition) is 1. The van der Waals surface area contributed by atoms with Gasteiger partial charge in [0.15, 0.2) is 0 Å². The van der Waals surface area contributed by atoms with Crippen LogP contribution in [0.5, 0.6) is 5.75 Å².